The van der Waals surface area contributed by atoms with E-state index in [1.165, 1.54) is 16.0 Å². The van der Waals surface area contributed by atoms with Gasteiger partial charge in [-0.05, 0) is 42.1 Å². The number of hydrogen-bond acceptors (Lipinski definition) is 3. The zero-order valence-electron chi connectivity index (χ0n) is 8.73. The normalized spacial score (nSPS) is 10.5. The van der Waals surface area contributed by atoms with Gasteiger partial charge in [0.1, 0.15) is 0 Å². The van der Waals surface area contributed by atoms with E-state index in [2.05, 4.69) is 27.8 Å². The SMILES string of the molecule is CNCc1cc(Cc2cccnc2)cs1. The van der Waals surface area contributed by atoms with E-state index in [1.54, 1.807) is 0 Å². The van der Waals surface area contributed by atoms with Crippen molar-refractivity contribution in [3.05, 3.63) is 52.0 Å². The van der Waals surface area contributed by atoms with Crippen molar-refractivity contribution in [1.29, 1.82) is 0 Å². The van der Waals surface area contributed by atoms with Crippen LogP contribution in [0, 0.1) is 0 Å². The fourth-order valence-electron chi connectivity index (χ4n) is 1.52. The third kappa shape index (κ3) is 2.88. The van der Waals surface area contributed by atoms with Crippen LogP contribution >= 0.6 is 11.3 Å². The van der Waals surface area contributed by atoms with Crippen molar-refractivity contribution < 1.29 is 0 Å². The molecule has 1 N–H and O–H groups in total. The number of hydrogen-bond donors (Lipinski definition) is 1. The number of thiophene rings is 1. The molecular formula is C12H14N2S. The molecule has 0 amide bonds. The Labute approximate surface area is 94.0 Å². The van der Waals surface area contributed by atoms with Gasteiger partial charge in [0.15, 0.2) is 0 Å². The van der Waals surface area contributed by atoms with Crippen LogP contribution < -0.4 is 5.32 Å². The molecular weight excluding hydrogens is 204 g/mol. The summed E-state index contributed by atoms with van der Waals surface area (Å²) in [6, 6.07) is 6.35. The monoisotopic (exact) mass is 218 g/mol. The smallest absolute Gasteiger partial charge is 0.0303 e. The second kappa shape index (κ2) is 5.05. The van der Waals surface area contributed by atoms with Crippen LogP contribution in [0.25, 0.3) is 0 Å². The molecule has 2 heterocycles. The molecule has 0 aliphatic rings. The fourth-order valence-corrected chi connectivity index (χ4v) is 2.43. The minimum absolute atomic E-state index is 0.956. The van der Waals surface area contributed by atoms with Gasteiger partial charge in [0, 0.05) is 23.8 Å². The lowest BCUT2D eigenvalue weighted by molar-refractivity contribution is 0.830. The summed E-state index contributed by atoms with van der Waals surface area (Å²) in [6.07, 6.45) is 4.72. The third-order valence-corrected chi connectivity index (χ3v) is 3.18. The van der Waals surface area contributed by atoms with Crippen LogP contribution in [0.3, 0.4) is 0 Å². The molecule has 78 valence electrons. The largest absolute Gasteiger partial charge is 0.315 e. The topological polar surface area (TPSA) is 24.9 Å². The Balaban J connectivity index is 2.05. The number of pyridine rings is 1. The lowest BCUT2D eigenvalue weighted by Crippen LogP contribution is -2.02. The Morgan fingerprint density at radius 3 is 3.07 bits per heavy atom. The Morgan fingerprint density at radius 1 is 1.40 bits per heavy atom. The van der Waals surface area contributed by atoms with Crippen LogP contribution in [0.5, 0.6) is 0 Å². The van der Waals surface area contributed by atoms with Crippen molar-refractivity contribution in [3.8, 4) is 0 Å². The standard InChI is InChI=1S/C12H14N2S/c1-13-8-12-6-11(9-15-12)5-10-3-2-4-14-7-10/h2-4,6-7,9,13H,5,8H2,1H3. The summed E-state index contributed by atoms with van der Waals surface area (Å²) in [5, 5.41) is 5.38. The van der Waals surface area contributed by atoms with Crippen molar-refractivity contribution in [2.45, 2.75) is 13.0 Å². The van der Waals surface area contributed by atoms with Gasteiger partial charge in [-0.25, -0.2) is 0 Å². The third-order valence-electron chi connectivity index (χ3n) is 2.19. The van der Waals surface area contributed by atoms with Crippen molar-refractivity contribution >= 4 is 11.3 Å². The lowest BCUT2D eigenvalue weighted by Gasteiger charge is -1.96. The van der Waals surface area contributed by atoms with Gasteiger partial charge in [0.25, 0.3) is 0 Å². The summed E-state index contributed by atoms with van der Waals surface area (Å²) in [5.74, 6) is 0. The second-order valence-corrected chi connectivity index (χ2v) is 4.49. The molecule has 0 fully saturated rings. The van der Waals surface area contributed by atoms with E-state index in [9.17, 15) is 0 Å². The van der Waals surface area contributed by atoms with Crippen molar-refractivity contribution in [2.75, 3.05) is 7.05 Å². The van der Waals surface area contributed by atoms with Gasteiger partial charge in [0.2, 0.25) is 0 Å². The molecule has 0 atom stereocenters. The number of aromatic nitrogens is 1. The Bertz CT molecular complexity index is 409. The van der Waals surface area contributed by atoms with E-state index in [1.807, 2.05) is 36.8 Å². The molecule has 0 saturated carbocycles. The van der Waals surface area contributed by atoms with Gasteiger partial charge in [0.05, 0.1) is 0 Å². The first-order chi connectivity index (χ1) is 7.38. The van der Waals surface area contributed by atoms with E-state index in [0.29, 0.717) is 0 Å². The van der Waals surface area contributed by atoms with Gasteiger partial charge in [-0.15, -0.1) is 11.3 Å². The van der Waals surface area contributed by atoms with Crippen molar-refractivity contribution in [2.24, 2.45) is 0 Å². The number of nitrogens with zero attached hydrogens (tertiary/aromatic N) is 1. The van der Waals surface area contributed by atoms with E-state index in [-0.39, 0.29) is 0 Å². The molecule has 0 radical (unpaired) electrons. The second-order valence-electron chi connectivity index (χ2n) is 3.49. The summed E-state index contributed by atoms with van der Waals surface area (Å²) < 4.78 is 0. The van der Waals surface area contributed by atoms with Gasteiger partial charge in [-0.2, -0.15) is 0 Å². The molecule has 0 aliphatic carbocycles. The van der Waals surface area contributed by atoms with Gasteiger partial charge in [-0.1, -0.05) is 6.07 Å². The zero-order valence-corrected chi connectivity index (χ0v) is 9.55. The average molecular weight is 218 g/mol. The molecule has 0 aromatic carbocycles. The lowest BCUT2D eigenvalue weighted by atomic mass is 10.1. The van der Waals surface area contributed by atoms with E-state index < -0.39 is 0 Å². The van der Waals surface area contributed by atoms with Crippen LogP contribution in [0.4, 0.5) is 0 Å². The maximum atomic E-state index is 4.12. The molecule has 3 heteroatoms. The first-order valence-corrected chi connectivity index (χ1v) is 5.86. The molecule has 2 aromatic rings. The van der Waals surface area contributed by atoms with Crippen LogP contribution in [0.15, 0.2) is 36.0 Å². The van der Waals surface area contributed by atoms with Gasteiger partial charge >= 0.3 is 0 Å². The van der Waals surface area contributed by atoms with E-state index in [4.69, 9.17) is 0 Å². The van der Waals surface area contributed by atoms with Crippen LogP contribution in [0.2, 0.25) is 0 Å². The highest BCUT2D eigenvalue weighted by molar-refractivity contribution is 7.10. The molecule has 0 aliphatic heterocycles. The maximum Gasteiger partial charge on any atom is 0.0303 e. The highest BCUT2D eigenvalue weighted by atomic mass is 32.1. The molecule has 2 aromatic heterocycles. The Morgan fingerprint density at radius 2 is 2.33 bits per heavy atom. The summed E-state index contributed by atoms with van der Waals surface area (Å²) in [5.41, 5.74) is 2.64. The molecule has 0 saturated heterocycles. The Hall–Kier alpha value is -1.19. The highest BCUT2D eigenvalue weighted by Gasteiger charge is 2.00. The minimum atomic E-state index is 0.956. The van der Waals surface area contributed by atoms with Crippen molar-refractivity contribution in [1.82, 2.24) is 10.3 Å². The molecule has 15 heavy (non-hydrogen) atoms. The summed E-state index contributed by atoms with van der Waals surface area (Å²) >= 11 is 1.81. The predicted octanol–water partition coefficient (Wildman–Crippen LogP) is 2.45. The van der Waals surface area contributed by atoms with Crippen LogP contribution in [-0.2, 0) is 13.0 Å². The molecule has 0 bridgehead atoms. The summed E-state index contributed by atoms with van der Waals surface area (Å²) in [6.45, 7) is 0.956. The first-order valence-electron chi connectivity index (χ1n) is 4.98. The Kier molecular flexibility index (Phi) is 3.48. The van der Waals surface area contributed by atoms with E-state index >= 15 is 0 Å². The molecule has 2 nitrogen and oxygen atoms in total. The van der Waals surface area contributed by atoms with Crippen LogP contribution in [-0.4, -0.2) is 12.0 Å². The van der Waals surface area contributed by atoms with E-state index in [0.717, 1.165) is 13.0 Å². The maximum absolute atomic E-state index is 4.12. The quantitative estimate of drug-likeness (QED) is 0.852. The minimum Gasteiger partial charge on any atom is -0.315 e. The first kappa shape index (κ1) is 10.3. The fraction of sp³-hybridized carbons (Fsp3) is 0.250. The predicted molar refractivity (Wildman–Crippen MR) is 64.1 cm³/mol. The van der Waals surface area contributed by atoms with Crippen LogP contribution in [0.1, 0.15) is 16.0 Å². The highest BCUT2D eigenvalue weighted by Crippen LogP contribution is 2.17. The van der Waals surface area contributed by atoms with Gasteiger partial charge < -0.3 is 5.32 Å². The summed E-state index contributed by atoms with van der Waals surface area (Å²) in [7, 11) is 1.97. The zero-order chi connectivity index (χ0) is 10.5. The molecule has 0 unspecified atom stereocenters. The molecule has 0 spiro atoms. The summed E-state index contributed by atoms with van der Waals surface area (Å²) in [4.78, 5) is 5.50. The van der Waals surface area contributed by atoms with Crippen molar-refractivity contribution in [3.63, 3.8) is 0 Å². The average Bonchev–Trinajstić information content (AvgIpc) is 2.68. The van der Waals surface area contributed by atoms with Gasteiger partial charge in [-0.3, -0.25) is 4.98 Å². The molecule has 2 rings (SSSR count). The number of nitrogens with one attached hydrogen (secondary N) is 1. The number of rotatable bonds is 4.